The number of halogens is 2. The summed E-state index contributed by atoms with van der Waals surface area (Å²) in [7, 11) is -1.78. The highest BCUT2D eigenvalue weighted by atomic mass is 32.2. The van der Waals surface area contributed by atoms with Crippen molar-refractivity contribution in [3.05, 3.63) is 90.0 Å². The Kier molecular flexibility index (Phi) is 8.90. The van der Waals surface area contributed by atoms with E-state index in [4.69, 9.17) is 19.9 Å². The fourth-order valence-electron chi connectivity index (χ4n) is 5.25. The van der Waals surface area contributed by atoms with Gasteiger partial charge in [0.2, 0.25) is 0 Å². The number of anilines is 2. The van der Waals surface area contributed by atoms with Crippen molar-refractivity contribution in [2.45, 2.75) is 49.1 Å². The van der Waals surface area contributed by atoms with Gasteiger partial charge in [0.05, 0.1) is 20.8 Å². The molecule has 4 aromatic rings. The molecule has 2 heterocycles. The number of aromatic nitrogens is 3. The third kappa shape index (κ3) is 6.46. The zero-order chi connectivity index (χ0) is 30.6. The molecular weight excluding hydrogens is 580 g/mol. The number of rotatable bonds is 10. The molecule has 2 aromatic carbocycles. The van der Waals surface area contributed by atoms with Gasteiger partial charge in [0.1, 0.15) is 46.3 Å². The Morgan fingerprint density at radius 1 is 0.930 bits per heavy atom. The van der Waals surface area contributed by atoms with Crippen LogP contribution in [-0.4, -0.2) is 43.7 Å². The molecule has 0 aliphatic heterocycles. The van der Waals surface area contributed by atoms with Gasteiger partial charge in [-0.3, -0.25) is 0 Å². The van der Waals surface area contributed by atoms with Crippen LogP contribution in [0.4, 0.5) is 20.4 Å². The van der Waals surface area contributed by atoms with Crippen LogP contribution in [0.3, 0.4) is 0 Å². The van der Waals surface area contributed by atoms with E-state index in [0.717, 1.165) is 41.5 Å². The molecule has 1 saturated carbocycles. The van der Waals surface area contributed by atoms with Gasteiger partial charge in [0.25, 0.3) is 10.0 Å². The van der Waals surface area contributed by atoms with Gasteiger partial charge in [0.15, 0.2) is 11.6 Å². The molecule has 1 fully saturated rings. The van der Waals surface area contributed by atoms with Crippen molar-refractivity contribution >= 4 is 21.7 Å². The molecule has 43 heavy (non-hydrogen) atoms. The lowest BCUT2D eigenvalue weighted by molar-refractivity contribution is 0.124. The fourth-order valence-corrected chi connectivity index (χ4v) is 6.71. The van der Waals surface area contributed by atoms with E-state index < -0.39 is 32.7 Å². The van der Waals surface area contributed by atoms with E-state index in [1.165, 1.54) is 26.5 Å². The van der Waals surface area contributed by atoms with Crippen LogP contribution >= 0.6 is 0 Å². The van der Waals surface area contributed by atoms with Crippen LogP contribution in [0, 0.1) is 11.6 Å². The quantitative estimate of drug-likeness (QED) is 0.256. The largest absolute Gasteiger partial charge is 0.497 e. The molecule has 1 aliphatic rings. The zero-order valence-electron chi connectivity index (χ0n) is 23.6. The summed E-state index contributed by atoms with van der Waals surface area (Å²) >= 11 is 0. The number of hydrogen-bond donors (Lipinski definition) is 1. The first kappa shape index (κ1) is 30.0. The summed E-state index contributed by atoms with van der Waals surface area (Å²) in [6.45, 7) is -0.301. The molecule has 0 amide bonds. The van der Waals surface area contributed by atoms with Crippen LogP contribution in [0.1, 0.15) is 42.7 Å². The van der Waals surface area contributed by atoms with Crippen molar-refractivity contribution in [2.75, 3.05) is 24.3 Å². The highest BCUT2D eigenvalue weighted by Crippen LogP contribution is 2.38. The summed E-state index contributed by atoms with van der Waals surface area (Å²) in [5.74, 6) is -1.53. The van der Waals surface area contributed by atoms with E-state index in [0.29, 0.717) is 35.4 Å². The summed E-state index contributed by atoms with van der Waals surface area (Å²) in [5.41, 5.74) is 7.20. The van der Waals surface area contributed by atoms with Gasteiger partial charge in [-0.25, -0.2) is 36.5 Å². The third-order valence-corrected chi connectivity index (χ3v) is 9.16. The molecule has 2 unspecified atom stereocenters. The Morgan fingerprint density at radius 3 is 2.47 bits per heavy atom. The topological polar surface area (TPSA) is 130 Å². The maximum absolute atomic E-state index is 15.7. The van der Waals surface area contributed by atoms with Crippen molar-refractivity contribution in [3.63, 3.8) is 0 Å². The first-order chi connectivity index (χ1) is 20.7. The maximum atomic E-state index is 15.7. The summed E-state index contributed by atoms with van der Waals surface area (Å²) in [6.07, 6.45) is 6.81. The molecule has 13 heteroatoms. The lowest BCUT2D eigenvalue weighted by Crippen LogP contribution is -2.32. The second-order valence-electron chi connectivity index (χ2n) is 10.0. The number of pyridine rings is 1. The average molecular weight is 612 g/mol. The predicted molar refractivity (Wildman–Crippen MR) is 156 cm³/mol. The Balaban J connectivity index is 1.48. The van der Waals surface area contributed by atoms with E-state index in [-0.39, 0.29) is 24.0 Å². The van der Waals surface area contributed by atoms with E-state index >= 15 is 8.78 Å². The number of sulfonamides is 1. The molecular formula is C30H31F2N5O5S. The second kappa shape index (κ2) is 12.8. The van der Waals surface area contributed by atoms with Crippen molar-refractivity contribution in [1.29, 1.82) is 0 Å². The lowest BCUT2D eigenvalue weighted by Gasteiger charge is -2.32. The Morgan fingerprint density at radius 2 is 1.74 bits per heavy atom. The summed E-state index contributed by atoms with van der Waals surface area (Å²) in [4.78, 5) is 11.1. The lowest BCUT2D eigenvalue weighted by atomic mass is 9.82. The summed E-state index contributed by atoms with van der Waals surface area (Å²) in [5, 5.41) is 0. The molecule has 2 aromatic heterocycles. The van der Waals surface area contributed by atoms with E-state index in [1.807, 2.05) is 6.07 Å². The van der Waals surface area contributed by atoms with Crippen LogP contribution in [0.5, 0.6) is 17.2 Å². The van der Waals surface area contributed by atoms with Crippen LogP contribution in [0.25, 0.3) is 0 Å². The predicted octanol–water partition coefficient (Wildman–Crippen LogP) is 5.25. The first-order valence-corrected chi connectivity index (χ1v) is 15.0. The number of benzene rings is 2. The minimum Gasteiger partial charge on any atom is -0.497 e. The monoisotopic (exact) mass is 611 g/mol. The number of ether oxygens (including phenoxy) is 3. The molecule has 0 spiro atoms. The molecule has 0 bridgehead atoms. The normalized spacial score (nSPS) is 16.8. The van der Waals surface area contributed by atoms with Crippen molar-refractivity contribution < 1.29 is 31.4 Å². The molecule has 1 aliphatic carbocycles. The number of hydrogen-bond acceptors (Lipinski definition) is 9. The smallest absolute Gasteiger partial charge is 0.268 e. The van der Waals surface area contributed by atoms with E-state index in [2.05, 4.69) is 15.0 Å². The standard InChI is InChI=1S/C30H31F2N5O5S/c1-40-21-8-7-20(26(14-21)41-2)17-37(30-10-11-34-18-36-30)43(38,39)28-16-23(31)27(15-24(28)32)42-25-6-4-3-5-22(25)19-9-12-35-29(33)13-19/h7-16,18,22,25H,3-6,17H2,1-2H3,(H2,33,35). The zero-order valence-corrected chi connectivity index (χ0v) is 24.4. The average Bonchev–Trinajstić information content (AvgIpc) is 3.02. The van der Waals surface area contributed by atoms with Gasteiger partial charge < -0.3 is 19.9 Å². The van der Waals surface area contributed by atoms with Crippen molar-refractivity contribution in [1.82, 2.24) is 15.0 Å². The van der Waals surface area contributed by atoms with Crippen LogP contribution in [-0.2, 0) is 16.6 Å². The van der Waals surface area contributed by atoms with E-state index in [9.17, 15) is 8.42 Å². The van der Waals surface area contributed by atoms with E-state index in [1.54, 1.807) is 30.5 Å². The highest BCUT2D eigenvalue weighted by Gasteiger charge is 2.33. The fraction of sp³-hybridized carbons (Fsp3) is 0.300. The number of nitrogens with two attached hydrogens (primary N) is 1. The third-order valence-electron chi connectivity index (χ3n) is 7.40. The SMILES string of the molecule is COc1ccc(CN(c2ccncn2)S(=O)(=O)c2cc(F)c(OC3CCCCC3c3ccnc(N)c3)cc2F)c(OC)c1. The molecule has 10 nitrogen and oxygen atoms in total. The Bertz CT molecular complexity index is 1690. The van der Waals surface area contributed by atoms with Gasteiger partial charge in [-0.15, -0.1) is 0 Å². The van der Waals surface area contributed by atoms with Crippen LogP contribution < -0.4 is 24.2 Å². The molecule has 0 radical (unpaired) electrons. The van der Waals surface area contributed by atoms with Crippen molar-refractivity contribution in [3.8, 4) is 17.2 Å². The highest BCUT2D eigenvalue weighted by molar-refractivity contribution is 7.92. The molecule has 5 rings (SSSR count). The van der Waals surface area contributed by atoms with Gasteiger partial charge in [-0.05, 0) is 49.1 Å². The second-order valence-corrected chi connectivity index (χ2v) is 11.9. The molecule has 0 saturated heterocycles. The number of methoxy groups -OCH3 is 2. The maximum Gasteiger partial charge on any atom is 0.268 e. The Hall–Kier alpha value is -4.52. The van der Waals surface area contributed by atoms with Crippen LogP contribution in [0.2, 0.25) is 0 Å². The minimum atomic E-state index is -4.69. The number of nitrogen functional groups attached to an aromatic ring is 1. The van der Waals surface area contributed by atoms with Crippen molar-refractivity contribution in [2.24, 2.45) is 0 Å². The molecule has 226 valence electrons. The first-order valence-electron chi connectivity index (χ1n) is 13.6. The van der Waals surface area contributed by atoms with Gasteiger partial charge in [-0.2, -0.15) is 0 Å². The summed E-state index contributed by atoms with van der Waals surface area (Å²) < 4.78 is 76.6. The summed E-state index contributed by atoms with van der Waals surface area (Å²) in [6, 6.07) is 11.2. The molecule has 2 N–H and O–H groups in total. The van der Waals surface area contributed by atoms with Gasteiger partial charge >= 0.3 is 0 Å². The Labute approximate surface area is 248 Å². The molecule has 2 atom stereocenters. The van der Waals surface area contributed by atoms with Crippen LogP contribution in [0.15, 0.2) is 72.1 Å². The number of nitrogens with zero attached hydrogens (tertiary/aromatic N) is 4. The van der Waals surface area contributed by atoms with Gasteiger partial charge in [0, 0.05) is 48.1 Å². The van der Waals surface area contributed by atoms with Gasteiger partial charge in [-0.1, -0.05) is 6.42 Å². The minimum absolute atomic E-state index is 0.0466.